The van der Waals surface area contributed by atoms with Crippen molar-refractivity contribution >= 4 is 44.9 Å². The Morgan fingerprint density at radius 1 is 0.951 bits per heavy atom. The number of sulfonamides is 1. The van der Waals surface area contributed by atoms with E-state index in [-0.39, 0.29) is 15.8 Å². The molecule has 2 N–H and O–H groups in total. The van der Waals surface area contributed by atoms with E-state index in [1.54, 1.807) is 48.3 Å². The van der Waals surface area contributed by atoms with E-state index in [0.717, 1.165) is 16.8 Å². The molecule has 41 heavy (non-hydrogen) atoms. The van der Waals surface area contributed by atoms with Gasteiger partial charge in [-0.3, -0.25) is 9.73 Å². The molecule has 0 atom stereocenters. The Morgan fingerprint density at radius 2 is 1.68 bits per heavy atom. The molecule has 0 radical (unpaired) electrons. The fourth-order valence-corrected chi connectivity index (χ4v) is 6.25. The van der Waals surface area contributed by atoms with Crippen molar-refractivity contribution in [1.29, 1.82) is 0 Å². The second-order valence-corrected chi connectivity index (χ2v) is 11.6. The van der Waals surface area contributed by atoms with E-state index in [9.17, 15) is 12.8 Å². The van der Waals surface area contributed by atoms with Crippen LogP contribution in [-0.2, 0) is 10.0 Å². The maximum absolute atomic E-state index is 13.4. The van der Waals surface area contributed by atoms with E-state index in [1.165, 1.54) is 16.4 Å². The molecule has 6 rings (SSSR count). The van der Waals surface area contributed by atoms with E-state index in [4.69, 9.17) is 17.3 Å². The first-order chi connectivity index (χ1) is 19.8. The van der Waals surface area contributed by atoms with Crippen molar-refractivity contribution in [3.63, 3.8) is 0 Å². The van der Waals surface area contributed by atoms with Gasteiger partial charge in [0.25, 0.3) is 10.0 Å². The minimum absolute atomic E-state index is 0.220. The maximum atomic E-state index is 13.4. The smallest absolute Gasteiger partial charge is 0.264 e. The third-order valence-electron chi connectivity index (χ3n) is 6.60. The van der Waals surface area contributed by atoms with Crippen molar-refractivity contribution in [2.24, 2.45) is 5.10 Å². The van der Waals surface area contributed by atoms with Crippen LogP contribution < -0.4 is 15.0 Å². The first-order valence-corrected chi connectivity index (χ1v) is 14.4. The van der Waals surface area contributed by atoms with Crippen LogP contribution in [0.2, 0.25) is 0 Å². The number of nitrogens with one attached hydrogen (secondary N) is 2. The Hall–Kier alpha value is -4.87. The second-order valence-electron chi connectivity index (χ2n) is 9.22. The quantitative estimate of drug-likeness (QED) is 0.155. The van der Waals surface area contributed by atoms with Crippen LogP contribution in [0.5, 0.6) is 0 Å². The lowest BCUT2D eigenvalue weighted by molar-refractivity contribution is 0.594. The molecule has 1 aliphatic rings. The van der Waals surface area contributed by atoms with Gasteiger partial charge in [-0.15, -0.1) is 0 Å². The topological polar surface area (TPSA) is 91.6 Å². The number of halogens is 1. The highest BCUT2D eigenvalue weighted by molar-refractivity contribution is 7.93. The molecule has 0 bridgehead atoms. The van der Waals surface area contributed by atoms with Crippen LogP contribution in [0.4, 0.5) is 15.8 Å². The molecule has 1 aromatic heterocycles. The number of anilines is 2. The van der Waals surface area contributed by atoms with Crippen LogP contribution in [0.15, 0.2) is 113 Å². The highest BCUT2D eigenvalue weighted by atomic mass is 32.2. The predicted octanol–water partition coefficient (Wildman–Crippen LogP) is 5.80. The van der Waals surface area contributed by atoms with Gasteiger partial charge in [-0.05, 0) is 54.2 Å². The van der Waals surface area contributed by atoms with E-state index >= 15 is 0 Å². The van der Waals surface area contributed by atoms with Gasteiger partial charge in [0.1, 0.15) is 17.2 Å². The zero-order valence-corrected chi connectivity index (χ0v) is 23.3. The van der Waals surface area contributed by atoms with Gasteiger partial charge in [-0.1, -0.05) is 66.7 Å². The zero-order valence-electron chi connectivity index (χ0n) is 21.7. The molecule has 0 saturated carbocycles. The van der Waals surface area contributed by atoms with E-state index < -0.39 is 10.0 Å². The summed E-state index contributed by atoms with van der Waals surface area (Å²) in [6.07, 6.45) is 1.60. The number of aromatic nitrogens is 2. The lowest BCUT2D eigenvalue weighted by atomic mass is 10.1. The van der Waals surface area contributed by atoms with Gasteiger partial charge in [-0.25, -0.2) is 17.5 Å². The normalized spacial score (nSPS) is 13.5. The van der Waals surface area contributed by atoms with E-state index in [1.807, 2.05) is 60.7 Å². The third kappa shape index (κ3) is 4.96. The minimum atomic E-state index is -3.76. The van der Waals surface area contributed by atoms with Gasteiger partial charge in [0.2, 0.25) is 0 Å². The van der Waals surface area contributed by atoms with Crippen LogP contribution >= 0.6 is 12.2 Å². The average Bonchev–Trinajstić information content (AvgIpc) is 3.38. The van der Waals surface area contributed by atoms with Gasteiger partial charge in [0.15, 0.2) is 5.11 Å². The van der Waals surface area contributed by atoms with Gasteiger partial charge >= 0.3 is 0 Å². The molecule has 1 aliphatic heterocycles. The molecule has 0 amide bonds. The van der Waals surface area contributed by atoms with Crippen LogP contribution in [0.1, 0.15) is 5.56 Å². The Bertz CT molecular complexity index is 1910. The molecule has 0 fully saturated rings. The fraction of sp³-hybridized carbons (Fsp3) is 0.0333. The molecule has 2 heterocycles. The molecule has 5 aromatic rings. The molecular weight excluding hydrogens is 560 g/mol. The van der Waals surface area contributed by atoms with Crippen molar-refractivity contribution in [3.8, 4) is 28.2 Å². The first kappa shape index (κ1) is 26.4. The summed E-state index contributed by atoms with van der Waals surface area (Å²) < 4.78 is 43.4. The van der Waals surface area contributed by atoms with Gasteiger partial charge < -0.3 is 5.32 Å². The highest BCUT2D eigenvalue weighted by Crippen LogP contribution is 2.47. The van der Waals surface area contributed by atoms with Crippen molar-refractivity contribution in [2.45, 2.75) is 4.90 Å². The third-order valence-corrected chi connectivity index (χ3v) is 8.61. The van der Waals surface area contributed by atoms with Gasteiger partial charge in [0.05, 0.1) is 22.5 Å². The molecule has 0 unspecified atom stereocenters. The summed E-state index contributed by atoms with van der Waals surface area (Å²) in [4.78, 5) is 0.225. The van der Waals surface area contributed by atoms with Crippen LogP contribution in [0.25, 0.3) is 28.2 Å². The van der Waals surface area contributed by atoms with Crippen LogP contribution in [0, 0.1) is 5.82 Å². The van der Waals surface area contributed by atoms with Gasteiger partial charge in [0, 0.05) is 23.9 Å². The second kappa shape index (κ2) is 10.6. The average molecular weight is 583 g/mol. The fourth-order valence-electron chi connectivity index (χ4n) is 4.68. The summed E-state index contributed by atoms with van der Waals surface area (Å²) in [6, 6.07) is 30.0. The standard InChI is InChI=1S/C30H23FN6O2S2/c1-36-29-27(25-12-5-6-13-26(25)41(36,38)39)35-37(28(29)21-8-3-2-4-9-21)24-16-14-20(15-17-24)19-32-34-30(40)33-23-11-7-10-22(31)18-23/h2-19H,1H3,(H2,33,34,40)/b32-19+. The lowest BCUT2D eigenvalue weighted by Gasteiger charge is -2.26. The van der Waals surface area contributed by atoms with Crippen molar-refractivity contribution < 1.29 is 12.8 Å². The molecule has 0 saturated heterocycles. The summed E-state index contributed by atoms with van der Waals surface area (Å²) in [5.74, 6) is -0.368. The summed E-state index contributed by atoms with van der Waals surface area (Å²) in [5.41, 5.74) is 7.93. The number of hydrogen-bond acceptors (Lipinski definition) is 5. The van der Waals surface area contributed by atoms with E-state index in [2.05, 4.69) is 15.8 Å². The van der Waals surface area contributed by atoms with Crippen molar-refractivity contribution in [2.75, 3.05) is 16.7 Å². The Kier molecular flexibility index (Phi) is 6.82. The number of hydrazone groups is 1. The molecular formula is C30H23FN6O2S2. The Morgan fingerprint density at radius 3 is 2.44 bits per heavy atom. The summed E-state index contributed by atoms with van der Waals surface area (Å²) in [7, 11) is -2.20. The molecule has 0 spiro atoms. The number of fused-ring (bicyclic) bond motifs is 3. The molecule has 11 heteroatoms. The van der Waals surface area contributed by atoms with E-state index in [0.29, 0.717) is 28.3 Å². The van der Waals surface area contributed by atoms with Crippen molar-refractivity contribution in [3.05, 3.63) is 115 Å². The predicted molar refractivity (Wildman–Crippen MR) is 163 cm³/mol. The van der Waals surface area contributed by atoms with Crippen LogP contribution in [0.3, 0.4) is 0 Å². The summed E-state index contributed by atoms with van der Waals surface area (Å²) in [6.45, 7) is 0. The monoisotopic (exact) mass is 582 g/mol. The number of rotatable bonds is 5. The first-order valence-electron chi connectivity index (χ1n) is 12.6. The maximum Gasteiger partial charge on any atom is 0.264 e. The number of hydrogen-bond donors (Lipinski definition) is 2. The summed E-state index contributed by atoms with van der Waals surface area (Å²) >= 11 is 5.22. The van der Waals surface area contributed by atoms with Crippen LogP contribution in [-0.4, -0.2) is 36.6 Å². The minimum Gasteiger partial charge on any atom is -0.331 e. The molecule has 4 aromatic carbocycles. The number of nitrogens with zero attached hydrogens (tertiary/aromatic N) is 4. The Labute approximate surface area is 241 Å². The number of thiocarbonyl (C=S) groups is 1. The summed E-state index contributed by atoms with van der Waals surface area (Å²) in [5, 5.41) is 12.2. The Balaban J connectivity index is 1.33. The molecule has 0 aliphatic carbocycles. The number of benzene rings is 4. The lowest BCUT2D eigenvalue weighted by Crippen LogP contribution is -2.30. The largest absolute Gasteiger partial charge is 0.331 e. The van der Waals surface area contributed by atoms with Gasteiger partial charge in [-0.2, -0.15) is 10.2 Å². The zero-order chi connectivity index (χ0) is 28.6. The SMILES string of the molecule is CN1c2c(nn(-c3ccc(/C=N/NC(=S)Nc4cccc(F)c4)cc3)c2-c2ccccc2)-c2ccccc2S1(=O)=O. The molecule has 204 valence electrons. The van der Waals surface area contributed by atoms with Crippen molar-refractivity contribution in [1.82, 2.24) is 15.2 Å². The molecule has 8 nitrogen and oxygen atoms in total. The highest BCUT2D eigenvalue weighted by Gasteiger charge is 2.38.